The molecule has 1 N–H and O–H groups in total. The minimum Gasteiger partial charge on any atom is -0.481 e. The summed E-state index contributed by atoms with van der Waals surface area (Å²) < 4.78 is 27.4. The fraction of sp³-hybridized carbons (Fsp3) is 0.364. The number of aliphatic carboxylic acids is 1. The third-order valence-corrected chi connectivity index (χ3v) is 6.15. The summed E-state index contributed by atoms with van der Waals surface area (Å²) in [6.45, 7) is 0.684. The van der Waals surface area contributed by atoms with E-state index in [1.165, 1.54) is 12.1 Å². The van der Waals surface area contributed by atoms with Gasteiger partial charge in [0.05, 0.1) is 5.41 Å². The molecule has 1 amide bonds. The van der Waals surface area contributed by atoms with E-state index in [-0.39, 0.29) is 23.3 Å². The standard InChI is InChI=1S/C22H21F2NO3/c23-18-8-4-7-15(19(18)24)16-13-17(16)20(26)25-11-9-22(10-12-25,21(27)28)14-5-2-1-3-6-14/h1-8,16-17H,9-13H2,(H,27,28)/t16-,17+/m0/s1. The molecule has 1 aliphatic carbocycles. The summed E-state index contributed by atoms with van der Waals surface area (Å²) in [4.78, 5) is 26.5. The van der Waals surface area contributed by atoms with Gasteiger partial charge in [-0.1, -0.05) is 42.5 Å². The first-order valence-electron chi connectivity index (χ1n) is 9.45. The molecule has 0 unspecified atom stereocenters. The molecule has 0 spiro atoms. The number of carbonyl (C=O) groups excluding carboxylic acids is 1. The van der Waals surface area contributed by atoms with Crippen molar-refractivity contribution in [3.63, 3.8) is 0 Å². The molecule has 4 nitrogen and oxygen atoms in total. The zero-order chi connectivity index (χ0) is 19.9. The summed E-state index contributed by atoms with van der Waals surface area (Å²) in [5.74, 6) is -3.41. The predicted octanol–water partition coefficient (Wildman–Crippen LogP) is 3.71. The molecular formula is C22H21F2NO3. The number of rotatable bonds is 4. The number of benzene rings is 2. The first-order valence-corrected chi connectivity index (χ1v) is 9.45. The Hall–Kier alpha value is -2.76. The Morgan fingerprint density at radius 3 is 2.32 bits per heavy atom. The fourth-order valence-corrected chi connectivity index (χ4v) is 4.35. The molecular weight excluding hydrogens is 364 g/mol. The molecule has 0 radical (unpaired) electrons. The zero-order valence-corrected chi connectivity index (χ0v) is 15.3. The van der Waals surface area contributed by atoms with Crippen LogP contribution in [0, 0.1) is 17.6 Å². The second kappa shape index (κ2) is 7.00. The summed E-state index contributed by atoms with van der Waals surface area (Å²) in [5, 5.41) is 9.86. The summed E-state index contributed by atoms with van der Waals surface area (Å²) in [7, 11) is 0. The van der Waals surface area contributed by atoms with Crippen molar-refractivity contribution in [3.8, 4) is 0 Å². The Kier molecular flexibility index (Phi) is 4.65. The molecule has 4 rings (SSSR count). The van der Waals surface area contributed by atoms with Crippen molar-refractivity contribution in [1.82, 2.24) is 4.90 Å². The number of amides is 1. The van der Waals surface area contributed by atoms with Gasteiger partial charge in [0.2, 0.25) is 5.91 Å². The monoisotopic (exact) mass is 385 g/mol. The number of halogens is 2. The van der Waals surface area contributed by atoms with Crippen molar-refractivity contribution in [3.05, 3.63) is 71.3 Å². The van der Waals surface area contributed by atoms with E-state index in [9.17, 15) is 23.5 Å². The molecule has 1 saturated carbocycles. The van der Waals surface area contributed by atoms with E-state index in [1.54, 1.807) is 4.90 Å². The zero-order valence-electron chi connectivity index (χ0n) is 15.3. The summed E-state index contributed by atoms with van der Waals surface area (Å²) >= 11 is 0. The lowest BCUT2D eigenvalue weighted by Gasteiger charge is -2.39. The second-order valence-corrected chi connectivity index (χ2v) is 7.67. The second-order valence-electron chi connectivity index (χ2n) is 7.67. The van der Waals surface area contributed by atoms with E-state index in [0.29, 0.717) is 32.4 Å². The Morgan fingerprint density at radius 2 is 1.68 bits per heavy atom. The Labute approximate surface area is 161 Å². The van der Waals surface area contributed by atoms with Gasteiger partial charge in [-0.3, -0.25) is 9.59 Å². The highest BCUT2D eigenvalue weighted by Crippen LogP contribution is 2.50. The van der Waals surface area contributed by atoms with Crippen molar-refractivity contribution in [2.24, 2.45) is 5.92 Å². The normalized spacial score (nSPS) is 23.3. The Bertz CT molecular complexity index is 907. The van der Waals surface area contributed by atoms with Crippen LogP contribution in [-0.2, 0) is 15.0 Å². The smallest absolute Gasteiger partial charge is 0.314 e. The van der Waals surface area contributed by atoms with Crippen molar-refractivity contribution in [1.29, 1.82) is 0 Å². The van der Waals surface area contributed by atoms with Gasteiger partial charge in [0, 0.05) is 19.0 Å². The van der Waals surface area contributed by atoms with Crippen molar-refractivity contribution in [2.75, 3.05) is 13.1 Å². The third kappa shape index (κ3) is 3.07. The molecule has 1 aliphatic heterocycles. The van der Waals surface area contributed by atoms with E-state index in [4.69, 9.17) is 0 Å². The van der Waals surface area contributed by atoms with Gasteiger partial charge in [0.1, 0.15) is 0 Å². The summed E-state index contributed by atoms with van der Waals surface area (Å²) in [6, 6.07) is 13.2. The quantitative estimate of drug-likeness (QED) is 0.873. The molecule has 28 heavy (non-hydrogen) atoms. The van der Waals surface area contributed by atoms with Crippen LogP contribution in [0.25, 0.3) is 0 Å². The molecule has 2 aliphatic rings. The van der Waals surface area contributed by atoms with Gasteiger partial charge in [-0.15, -0.1) is 0 Å². The number of likely N-dealkylation sites (tertiary alicyclic amines) is 1. The highest BCUT2D eigenvalue weighted by molar-refractivity contribution is 5.85. The van der Waals surface area contributed by atoms with Gasteiger partial charge < -0.3 is 10.0 Å². The van der Waals surface area contributed by atoms with Crippen LogP contribution in [0.3, 0.4) is 0 Å². The van der Waals surface area contributed by atoms with Gasteiger partial charge in [-0.25, -0.2) is 8.78 Å². The Balaban J connectivity index is 1.45. The fourth-order valence-electron chi connectivity index (χ4n) is 4.35. The Morgan fingerprint density at radius 1 is 1.00 bits per heavy atom. The van der Waals surface area contributed by atoms with Gasteiger partial charge >= 0.3 is 5.97 Å². The molecule has 1 heterocycles. The van der Waals surface area contributed by atoms with Gasteiger partial charge in [0.15, 0.2) is 11.6 Å². The van der Waals surface area contributed by atoms with Gasteiger partial charge in [-0.2, -0.15) is 0 Å². The van der Waals surface area contributed by atoms with E-state index >= 15 is 0 Å². The van der Waals surface area contributed by atoms with Crippen molar-refractivity contribution < 1.29 is 23.5 Å². The lowest BCUT2D eigenvalue weighted by molar-refractivity contribution is -0.148. The molecule has 146 valence electrons. The van der Waals surface area contributed by atoms with E-state index in [0.717, 1.165) is 11.6 Å². The number of carboxylic acid groups (broad SMARTS) is 1. The maximum absolute atomic E-state index is 14.0. The molecule has 0 aromatic heterocycles. The number of piperidine rings is 1. The first-order chi connectivity index (χ1) is 13.4. The summed E-state index contributed by atoms with van der Waals surface area (Å²) in [5.41, 5.74) is 0.00982. The van der Waals surface area contributed by atoms with Gasteiger partial charge in [-0.05, 0) is 42.4 Å². The number of hydrogen-bond acceptors (Lipinski definition) is 2. The van der Waals surface area contributed by atoms with E-state index < -0.39 is 23.0 Å². The van der Waals surface area contributed by atoms with Crippen LogP contribution in [0.4, 0.5) is 8.78 Å². The van der Waals surface area contributed by atoms with Crippen LogP contribution < -0.4 is 0 Å². The lowest BCUT2D eigenvalue weighted by Crippen LogP contribution is -2.49. The average Bonchev–Trinajstić information content (AvgIpc) is 3.50. The van der Waals surface area contributed by atoms with Crippen LogP contribution in [0.1, 0.15) is 36.3 Å². The third-order valence-electron chi connectivity index (χ3n) is 6.15. The molecule has 6 heteroatoms. The van der Waals surface area contributed by atoms with Crippen LogP contribution >= 0.6 is 0 Å². The SMILES string of the molecule is O=C([C@@H]1C[C@H]1c1cccc(F)c1F)N1CCC(C(=O)O)(c2ccccc2)CC1. The van der Waals surface area contributed by atoms with Crippen molar-refractivity contribution >= 4 is 11.9 Å². The largest absolute Gasteiger partial charge is 0.481 e. The maximum Gasteiger partial charge on any atom is 0.314 e. The number of hydrogen-bond donors (Lipinski definition) is 1. The maximum atomic E-state index is 14.0. The molecule has 2 aromatic rings. The highest BCUT2D eigenvalue weighted by Gasteiger charge is 2.50. The van der Waals surface area contributed by atoms with Crippen LogP contribution in [0.15, 0.2) is 48.5 Å². The predicted molar refractivity (Wildman–Crippen MR) is 98.8 cm³/mol. The lowest BCUT2D eigenvalue weighted by atomic mass is 9.73. The van der Waals surface area contributed by atoms with E-state index in [2.05, 4.69) is 0 Å². The van der Waals surface area contributed by atoms with Crippen molar-refractivity contribution in [2.45, 2.75) is 30.6 Å². The minimum absolute atomic E-state index is 0.0966. The molecule has 2 aromatic carbocycles. The van der Waals surface area contributed by atoms with Crippen LogP contribution in [0.2, 0.25) is 0 Å². The van der Waals surface area contributed by atoms with Crippen LogP contribution in [-0.4, -0.2) is 35.0 Å². The highest BCUT2D eigenvalue weighted by atomic mass is 19.2. The number of carboxylic acids is 1. The minimum atomic E-state index is -0.990. The summed E-state index contributed by atoms with van der Waals surface area (Å²) in [6.07, 6.45) is 1.17. The molecule has 2 fully saturated rings. The first kappa shape index (κ1) is 18.6. The molecule has 2 atom stereocenters. The van der Waals surface area contributed by atoms with E-state index in [1.807, 2.05) is 30.3 Å². The molecule has 1 saturated heterocycles. The van der Waals surface area contributed by atoms with Gasteiger partial charge in [0.25, 0.3) is 0 Å². The average molecular weight is 385 g/mol. The number of nitrogens with zero attached hydrogens (tertiary/aromatic N) is 1. The number of carbonyl (C=O) groups is 2. The van der Waals surface area contributed by atoms with Crippen LogP contribution in [0.5, 0.6) is 0 Å². The molecule has 0 bridgehead atoms. The topological polar surface area (TPSA) is 57.6 Å².